The molecule has 0 aliphatic heterocycles. The second-order valence-corrected chi connectivity index (χ2v) is 3.47. The van der Waals surface area contributed by atoms with Crippen molar-refractivity contribution in [1.82, 2.24) is 5.48 Å². The predicted molar refractivity (Wildman–Crippen MR) is 47.7 cm³/mol. The standard InChI is InChI=1S/C7H6BrClFNO/c8-5-1-4(3-11-12)2-6(9)7(5)10/h1-2,11-12H,3H2. The maximum absolute atomic E-state index is 12.9. The number of hydroxylamine groups is 1. The molecule has 1 rings (SSSR count). The van der Waals surface area contributed by atoms with Gasteiger partial charge in [0, 0.05) is 6.54 Å². The zero-order valence-electron chi connectivity index (χ0n) is 5.94. The van der Waals surface area contributed by atoms with Gasteiger partial charge in [0.2, 0.25) is 0 Å². The molecule has 0 bridgehead atoms. The maximum atomic E-state index is 12.9. The first-order chi connectivity index (χ1) is 5.65. The van der Waals surface area contributed by atoms with E-state index in [1.807, 2.05) is 5.48 Å². The SMILES string of the molecule is ONCc1cc(Cl)c(F)c(Br)c1. The topological polar surface area (TPSA) is 32.3 Å². The molecule has 66 valence electrons. The molecule has 0 aromatic heterocycles. The van der Waals surface area contributed by atoms with Crippen LogP contribution in [0.5, 0.6) is 0 Å². The van der Waals surface area contributed by atoms with Crippen LogP contribution in [0.2, 0.25) is 5.02 Å². The number of nitrogens with one attached hydrogen (secondary N) is 1. The lowest BCUT2D eigenvalue weighted by molar-refractivity contribution is 0.161. The fraction of sp³-hybridized carbons (Fsp3) is 0.143. The van der Waals surface area contributed by atoms with Crippen molar-refractivity contribution in [2.24, 2.45) is 0 Å². The van der Waals surface area contributed by atoms with Crippen molar-refractivity contribution in [1.29, 1.82) is 0 Å². The van der Waals surface area contributed by atoms with E-state index in [-0.39, 0.29) is 11.6 Å². The van der Waals surface area contributed by atoms with E-state index in [0.717, 1.165) is 0 Å². The van der Waals surface area contributed by atoms with Crippen LogP contribution in [-0.4, -0.2) is 5.21 Å². The fourth-order valence-electron chi connectivity index (χ4n) is 0.801. The first-order valence-corrected chi connectivity index (χ1v) is 4.32. The minimum Gasteiger partial charge on any atom is -0.316 e. The predicted octanol–water partition coefficient (Wildman–Crippen LogP) is 2.72. The molecule has 1 aromatic rings. The van der Waals surface area contributed by atoms with E-state index < -0.39 is 5.82 Å². The normalized spacial score (nSPS) is 10.3. The Balaban J connectivity index is 3.04. The van der Waals surface area contributed by atoms with Gasteiger partial charge in [0.1, 0.15) is 0 Å². The van der Waals surface area contributed by atoms with Crippen molar-refractivity contribution in [2.75, 3.05) is 0 Å². The summed E-state index contributed by atoms with van der Waals surface area (Å²) in [5, 5.41) is 8.41. The van der Waals surface area contributed by atoms with E-state index in [4.69, 9.17) is 16.8 Å². The van der Waals surface area contributed by atoms with Crippen LogP contribution in [0.15, 0.2) is 16.6 Å². The van der Waals surface area contributed by atoms with Crippen LogP contribution >= 0.6 is 27.5 Å². The highest BCUT2D eigenvalue weighted by Crippen LogP contribution is 2.24. The second kappa shape index (κ2) is 4.18. The van der Waals surface area contributed by atoms with Gasteiger partial charge in [0.25, 0.3) is 0 Å². The highest BCUT2D eigenvalue weighted by Gasteiger charge is 2.06. The van der Waals surface area contributed by atoms with E-state index in [2.05, 4.69) is 15.9 Å². The number of rotatable bonds is 2. The summed E-state index contributed by atoms with van der Waals surface area (Å²) in [6.45, 7) is 0.235. The molecule has 0 spiro atoms. The largest absolute Gasteiger partial charge is 0.316 e. The van der Waals surface area contributed by atoms with Gasteiger partial charge in [0.05, 0.1) is 9.50 Å². The summed E-state index contributed by atoms with van der Waals surface area (Å²) in [4.78, 5) is 0. The molecule has 0 saturated carbocycles. The number of hydrogen-bond donors (Lipinski definition) is 2. The first kappa shape index (κ1) is 9.92. The van der Waals surface area contributed by atoms with Gasteiger partial charge in [-0.25, -0.2) is 9.87 Å². The molecule has 2 N–H and O–H groups in total. The van der Waals surface area contributed by atoms with Gasteiger partial charge in [-0.05, 0) is 33.6 Å². The zero-order chi connectivity index (χ0) is 9.14. The Hall–Kier alpha value is -0.160. The lowest BCUT2D eigenvalue weighted by atomic mass is 10.2. The quantitative estimate of drug-likeness (QED) is 0.628. The van der Waals surface area contributed by atoms with Crippen molar-refractivity contribution >= 4 is 27.5 Å². The summed E-state index contributed by atoms with van der Waals surface area (Å²) in [5.41, 5.74) is 2.66. The molecule has 0 amide bonds. The van der Waals surface area contributed by atoms with Crippen molar-refractivity contribution < 1.29 is 9.60 Å². The molecule has 0 radical (unpaired) electrons. The van der Waals surface area contributed by atoms with Crippen molar-refractivity contribution in [2.45, 2.75) is 6.54 Å². The summed E-state index contributed by atoms with van der Waals surface area (Å²) in [5.74, 6) is -0.488. The summed E-state index contributed by atoms with van der Waals surface area (Å²) in [6, 6.07) is 3.00. The van der Waals surface area contributed by atoms with E-state index in [9.17, 15) is 4.39 Å². The van der Waals surface area contributed by atoms with Crippen molar-refractivity contribution in [3.63, 3.8) is 0 Å². The molecular weight excluding hydrogens is 248 g/mol. The third-order valence-corrected chi connectivity index (χ3v) is 2.18. The molecule has 1 aromatic carbocycles. The average molecular weight is 254 g/mol. The Bertz CT molecular complexity index is 272. The van der Waals surface area contributed by atoms with Crippen LogP contribution in [0.1, 0.15) is 5.56 Å². The zero-order valence-corrected chi connectivity index (χ0v) is 8.28. The van der Waals surface area contributed by atoms with E-state index in [1.54, 1.807) is 6.07 Å². The highest BCUT2D eigenvalue weighted by atomic mass is 79.9. The second-order valence-electron chi connectivity index (χ2n) is 2.21. The molecular formula is C7H6BrClFNO. The van der Waals surface area contributed by atoms with Gasteiger partial charge in [0.15, 0.2) is 5.82 Å². The van der Waals surface area contributed by atoms with Crippen LogP contribution in [0.25, 0.3) is 0 Å². The molecule has 0 aliphatic rings. The van der Waals surface area contributed by atoms with Crippen LogP contribution in [0.3, 0.4) is 0 Å². The van der Waals surface area contributed by atoms with Crippen LogP contribution in [-0.2, 0) is 6.54 Å². The van der Waals surface area contributed by atoms with Gasteiger partial charge in [-0.2, -0.15) is 0 Å². The van der Waals surface area contributed by atoms with Gasteiger partial charge in [-0.15, -0.1) is 0 Å². The third kappa shape index (κ3) is 2.17. The smallest absolute Gasteiger partial charge is 0.155 e. The Morgan fingerprint density at radius 2 is 2.25 bits per heavy atom. The lowest BCUT2D eigenvalue weighted by Crippen LogP contribution is -2.06. The van der Waals surface area contributed by atoms with Crippen molar-refractivity contribution in [3.05, 3.63) is 33.0 Å². The lowest BCUT2D eigenvalue weighted by Gasteiger charge is -2.02. The van der Waals surface area contributed by atoms with Crippen LogP contribution in [0.4, 0.5) is 4.39 Å². The number of benzene rings is 1. The van der Waals surface area contributed by atoms with E-state index >= 15 is 0 Å². The minimum atomic E-state index is -0.488. The Morgan fingerprint density at radius 1 is 1.58 bits per heavy atom. The number of halogens is 3. The molecule has 5 heteroatoms. The molecule has 12 heavy (non-hydrogen) atoms. The molecule has 2 nitrogen and oxygen atoms in total. The maximum Gasteiger partial charge on any atom is 0.155 e. The van der Waals surface area contributed by atoms with Crippen LogP contribution in [0, 0.1) is 5.82 Å². The third-order valence-electron chi connectivity index (χ3n) is 1.33. The molecule has 0 aliphatic carbocycles. The molecule has 0 saturated heterocycles. The molecule has 0 unspecified atom stereocenters. The monoisotopic (exact) mass is 253 g/mol. The Morgan fingerprint density at radius 3 is 2.75 bits per heavy atom. The minimum absolute atomic E-state index is 0.0367. The van der Waals surface area contributed by atoms with Crippen molar-refractivity contribution in [3.8, 4) is 0 Å². The average Bonchev–Trinajstić information content (AvgIpc) is 2.01. The highest BCUT2D eigenvalue weighted by molar-refractivity contribution is 9.10. The molecule has 0 heterocycles. The number of hydrogen-bond acceptors (Lipinski definition) is 2. The summed E-state index contributed by atoms with van der Waals surface area (Å²) in [7, 11) is 0. The van der Waals surface area contributed by atoms with Gasteiger partial charge < -0.3 is 5.21 Å². The fourth-order valence-corrected chi connectivity index (χ4v) is 1.67. The summed E-state index contributed by atoms with van der Waals surface area (Å²) in [6.07, 6.45) is 0. The molecule has 0 fully saturated rings. The summed E-state index contributed by atoms with van der Waals surface area (Å²) >= 11 is 8.54. The molecule has 0 atom stereocenters. The Kier molecular flexibility index (Phi) is 3.46. The van der Waals surface area contributed by atoms with Crippen LogP contribution < -0.4 is 5.48 Å². The van der Waals surface area contributed by atoms with E-state index in [1.165, 1.54) is 6.07 Å². The Labute approximate surface area is 82.4 Å². The van der Waals surface area contributed by atoms with E-state index in [0.29, 0.717) is 10.0 Å². The van der Waals surface area contributed by atoms with Gasteiger partial charge in [-0.3, -0.25) is 0 Å². The summed E-state index contributed by atoms with van der Waals surface area (Å²) < 4.78 is 13.2. The first-order valence-electron chi connectivity index (χ1n) is 3.15. The van der Waals surface area contributed by atoms with Gasteiger partial charge in [-0.1, -0.05) is 11.6 Å². The van der Waals surface area contributed by atoms with Gasteiger partial charge >= 0.3 is 0 Å².